The second-order valence-electron chi connectivity index (χ2n) is 5.69. The number of rotatable bonds is 2. The molecule has 0 heterocycles. The number of benzene rings is 3. The predicted octanol–water partition coefficient (Wildman–Crippen LogP) is 4.47. The third kappa shape index (κ3) is 2.27. The highest BCUT2D eigenvalue weighted by Crippen LogP contribution is 2.35. The third-order valence-corrected chi connectivity index (χ3v) is 4.30. The Balaban J connectivity index is 1.77. The number of carbonyl (C=O) groups is 1. The van der Waals surface area contributed by atoms with Gasteiger partial charge in [-0.25, -0.2) is 8.78 Å². The molecule has 4 heteroatoms. The molecule has 0 atom stereocenters. The van der Waals surface area contributed by atoms with Crippen molar-refractivity contribution in [1.82, 2.24) is 0 Å². The van der Waals surface area contributed by atoms with Gasteiger partial charge in [0, 0.05) is 11.1 Å². The van der Waals surface area contributed by atoms with Gasteiger partial charge in [0.15, 0.2) is 0 Å². The van der Waals surface area contributed by atoms with Gasteiger partial charge < -0.3 is 5.32 Å². The number of aryl methyl sites for hydroxylation is 2. The first-order chi connectivity index (χ1) is 11.1. The number of carbonyl (C=O) groups excluding carboxylic acids is 1. The van der Waals surface area contributed by atoms with Crippen molar-refractivity contribution in [3.05, 3.63) is 76.9 Å². The smallest absolute Gasteiger partial charge is 0.258 e. The Hall–Kier alpha value is -2.75. The molecular weight excluding hydrogens is 296 g/mol. The molecule has 2 nitrogen and oxygen atoms in total. The third-order valence-electron chi connectivity index (χ3n) is 4.30. The van der Waals surface area contributed by atoms with Gasteiger partial charge in [-0.2, -0.15) is 0 Å². The van der Waals surface area contributed by atoms with Crippen LogP contribution in [0.1, 0.15) is 21.5 Å². The molecule has 0 radical (unpaired) electrons. The van der Waals surface area contributed by atoms with E-state index in [9.17, 15) is 13.6 Å². The molecule has 0 fully saturated rings. The molecule has 1 amide bonds. The van der Waals surface area contributed by atoms with Crippen LogP contribution in [0.15, 0.2) is 48.5 Å². The summed E-state index contributed by atoms with van der Waals surface area (Å²) in [5, 5.41) is 4.80. The first-order valence-corrected chi connectivity index (χ1v) is 7.43. The van der Waals surface area contributed by atoms with E-state index >= 15 is 0 Å². The molecular formula is C19H13F2NO. The van der Waals surface area contributed by atoms with Crippen LogP contribution in [0, 0.1) is 11.6 Å². The van der Waals surface area contributed by atoms with Gasteiger partial charge >= 0.3 is 0 Å². The maximum atomic E-state index is 13.7. The Morgan fingerprint density at radius 2 is 1.74 bits per heavy atom. The first kappa shape index (κ1) is 13.9. The highest BCUT2D eigenvalue weighted by molar-refractivity contribution is 6.10. The summed E-state index contributed by atoms with van der Waals surface area (Å²) < 4.78 is 27.0. The minimum atomic E-state index is -0.741. The quantitative estimate of drug-likeness (QED) is 0.743. The maximum absolute atomic E-state index is 13.7. The Kier molecular flexibility index (Phi) is 3.11. The van der Waals surface area contributed by atoms with Crippen molar-refractivity contribution >= 4 is 22.4 Å². The molecule has 4 rings (SSSR count). The van der Waals surface area contributed by atoms with Crippen molar-refractivity contribution < 1.29 is 13.6 Å². The lowest BCUT2D eigenvalue weighted by Crippen LogP contribution is -2.14. The van der Waals surface area contributed by atoms with E-state index in [0.717, 1.165) is 41.8 Å². The Bertz CT molecular complexity index is 939. The fraction of sp³-hybridized carbons (Fsp3) is 0.105. The van der Waals surface area contributed by atoms with Crippen LogP contribution in [0.25, 0.3) is 10.8 Å². The van der Waals surface area contributed by atoms with Crippen LogP contribution in [0.4, 0.5) is 14.5 Å². The SMILES string of the molecule is O=C(Nc1ccc2c3c(cccc13)CC2)c1cc(F)ccc1F. The summed E-state index contributed by atoms with van der Waals surface area (Å²) in [7, 11) is 0. The molecule has 1 aliphatic carbocycles. The van der Waals surface area contributed by atoms with E-state index in [1.54, 1.807) is 0 Å². The average molecular weight is 309 g/mol. The number of anilines is 1. The summed E-state index contributed by atoms with van der Waals surface area (Å²) in [6.45, 7) is 0. The van der Waals surface area contributed by atoms with Crippen molar-refractivity contribution in [3.63, 3.8) is 0 Å². The van der Waals surface area contributed by atoms with Gasteiger partial charge in [-0.3, -0.25) is 4.79 Å². The summed E-state index contributed by atoms with van der Waals surface area (Å²) in [5.41, 5.74) is 2.82. The maximum Gasteiger partial charge on any atom is 0.258 e. The van der Waals surface area contributed by atoms with Gasteiger partial charge in [-0.1, -0.05) is 24.3 Å². The van der Waals surface area contributed by atoms with Crippen molar-refractivity contribution in [3.8, 4) is 0 Å². The molecule has 0 unspecified atom stereocenters. The molecule has 0 bridgehead atoms. The summed E-state index contributed by atoms with van der Waals surface area (Å²) in [4.78, 5) is 12.3. The van der Waals surface area contributed by atoms with Crippen LogP contribution in [0.3, 0.4) is 0 Å². The van der Waals surface area contributed by atoms with Gasteiger partial charge in [0.2, 0.25) is 0 Å². The van der Waals surface area contributed by atoms with E-state index in [1.807, 2.05) is 24.3 Å². The van der Waals surface area contributed by atoms with E-state index in [-0.39, 0.29) is 5.56 Å². The fourth-order valence-corrected chi connectivity index (χ4v) is 3.22. The van der Waals surface area contributed by atoms with Crippen molar-refractivity contribution in [2.24, 2.45) is 0 Å². The second-order valence-corrected chi connectivity index (χ2v) is 5.69. The molecule has 0 aliphatic heterocycles. The lowest BCUT2D eigenvalue weighted by molar-refractivity contribution is 0.102. The first-order valence-electron chi connectivity index (χ1n) is 7.43. The van der Waals surface area contributed by atoms with Crippen LogP contribution in [-0.2, 0) is 12.8 Å². The normalized spacial score (nSPS) is 12.6. The van der Waals surface area contributed by atoms with Gasteiger partial charge in [-0.05, 0) is 53.6 Å². The molecule has 0 saturated carbocycles. The number of amides is 1. The van der Waals surface area contributed by atoms with E-state index in [0.29, 0.717) is 5.69 Å². The standard InChI is InChI=1S/C19H13F2NO/c20-13-7-8-16(21)15(10-13)19(23)22-17-9-6-12-5-4-11-2-1-3-14(17)18(11)12/h1-3,6-10H,4-5H2,(H,22,23). The van der Waals surface area contributed by atoms with Crippen LogP contribution in [0.2, 0.25) is 0 Å². The number of hydrogen-bond donors (Lipinski definition) is 1. The summed E-state index contributed by atoms with van der Waals surface area (Å²) in [6.07, 6.45) is 1.98. The monoisotopic (exact) mass is 309 g/mol. The number of nitrogens with one attached hydrogen (secondary N) is 1. The summed E-state index contributed by atoms with van der Waals surface area (Å²) in [5.74, 6) is -2.03. The largest absolute Gasteiger partial charge is 0.321 e. The minimum absolute atomic E-state index is 0.298. The van der Waals surface area contributed by atoms with E-state index in [4.69, 9.17) is 0 Å². The Labute approximate surface area is 131 Å². The second kappa shape index (κ2) is 5.16. The molecule has 1 N–H and O–H groups in total. The van der Waals surface area contributed by atoms with E-state index in [2.05, 4.69) is 11.4 Å². The highest BCUT2D eigenvalue weighted by atomic mass is 19.1. The summed E-state index contributed by atoms with van der Waals surface area (Å²) in [6, 6.07) is 12.6. The van der Waals surface area contributed by atoms with Crippen LogP contribution in [0.5, 0.6) is 0 Å². The number of hydrogen-bond acceptors (Lipinski definition) is 1. The molecule has 114 valence electrons. The van der Waals surface area contributed by atoms with E-state index < -0.39 is 17.5 Å². The zero-order valence-electron chi connectivity index (χ0n) is 12.2. The average Bonchev–Trinajstić information content (AvgIpc) is 2.97. The van der Waals surface area contributed by atoms with Crippen LogP contribution in [-0.4, -0.2) is 5.91 Å². The highest BCUT2D eigenvalue weighted by Gasteiger charge is 2.18. The molecule has 3 aromatic carbocycles. The fourth-order valence-electron chi connectivity index (χ4n) is 3.22. The molecule has 3 aromatic rings. The van der Waals surface area contributed by atoms with Gasteiger partial charge in [-0.15, -0.1) is 0 Å². The predicted molar refractivity (Wildman–Crippen MR) is 85.7 cm³/mol. The topological polar surface area (TPSA) is 29.1 Å². The Morgan fingerprint density at radius 1 is 0.957 bits per heavy atom. The van der Waals surface area contributed by atoms with Gasteiger partial charge in [0.1, 0.15) is 11.6 Å². The van der Waals surface area contributed by atoms with Crippen LogP contribution < -0.4 is 5.32 Å². The molecule has 0 saturated heterocycles. The van der Waals surface area contributed by atoms with Gasteiger partial charge in [0.25, 0.3) is 5.91 Å². The zero-order valence-corrected chi connectivity index (χ0v) is 12.2. The Morgan fingerprint density at radius 3 is 2.57 bits per heavy atom. The lowest BCUT2D eigenvalue weighted by Gasteiger charge is -2.11. The molecule has 23 heavy (non-hydrogen) atoms. The van der Waals surface area contributed by atoms with Crippen LogP contribution >= 0.6 is 0 Å². The van der Waals surface area contributed by atoms with Gasteiger partial charge in [0.05, 0.1) is 5.56 Å². The van der Waals surface area contributed by atoms with E-state index in [1.165, 1.54) is 11.1 Å². The molecule has 1 aliphatic rings. The number of halogens is 2. The molecule has 0 aromatic heterocycles. The lowest BCUT2D eigenvalue weighted by atomic mass is 10.0. The van der Waals surface area contributed by atoms with Crippen molar-refractivity contribution in [1.29, 1.82) is 0 Å². The van der Waals surface area contributed by atoms with Crippen molar-refractivity contribution in [2.45, 2.75) is 12.8 Å². The minimum Gasteiger partial charge on any atom is -0.321 e. The summed E-state index contributed by atoms with van der Waals surface area (Å²) >= 11 is 0. The van der Waals surface area contributed by atoms with Crippen molar-refractivity contribution in [2.75, 3.05) is 5.32 Å². The molecule has 0 spiro atoms. The zero-order chi connectivity index (χ0) is 16.0.